The van der Waals surface area contributed by atoms with E-state index in [1.807, 2.05) is 0 Å². The molecule has 1 aliphatic rings. The molecule has 0 spiro atoms. The van der Waals surface area contributed by atoms with Crippen molar-refractivity contribution < 1.29 is 47.3 Å². The molecule has 0 fully saturated rings. The summed E-state index contributed by atoms with van der Waals surface area (Å²) in [5, 5.41) is 18.5. The van der Waals surface area contributed by atoms with E-state index in [2.05, 4.69) is 4.98 Å². The van der Waals surface area contributed by atoms with Gasteiger partial charge in [0.2, 0.25) is 0 Å². The number of aliphatic hydroxyl groups is 2. The Labute approximate surface area is 134 Å². The van der Waals surface area contributed by atoms with Crippen molar-refractivity contribution >= 4 is 5.82 Å². The van der Waals surface area contributed by atoms with Crippen molar-refractivity contribution in [2.24, 2.45) is 0 Å². The number of aliphatic hydroxyl groups excluding tert-OH is 2. The molecular weight excluding hydrogens is 330 g/mol. The molecule has 2 atom stereocenters. The zero-order valence-corrected chi connectivity index (χ0v) is 13.1. The van der Waals surface area contributed by atoms with Gasteiger partial charge < -0.3 is 20.5 Å². The summed E-state index contributed by atoms with van der Waals surface area (Å²) in [4.78, 5) is 15.2. The van der Waals surface area contributed by atoms with Gasteiger partial charge in [0.1, 0.15) is 5.82 Å². The predicted molar refractivity (Wildman–Crippen MR) is 62.2 cm³/mol. The molecule has 1 heterocycles. The quantitative estimate of drug-likeness (QED) is 0.627. The van der Waals surface area contributed by atoms with E-state index in [1.54, 1.807) is 6.92 Å². The van der Waals surface area contributed by atoms with Gasteiger partial charge in [-0.05, 0) is 24.6 Å². The van der Waals surface area contributed by atoms with Gasteiger partial charge in [-0.3, -0.25) is 6.42 Å². The minimum atomic E-state index is -1.20. The van der Waals surface area contributed by atoms with Gasteiger partial charge in [0.05, 0.1) is 12.4 Å². The maximum Gasteiger partial charge on any atom is 0.347 e. The number of anilines is 1. The number of halogens is 1. The fourth-order valence-electron chi connectivity index (χ4n) is 1.87. The topological polar surface area (TPSA) is 101 Å². The summed E-state index contributed by atoms with van der Waals surface area (Å²) in [5.41, 5.74) is 5.16. The van der Waals surface area contributed by atoms with Crippen molar-refractivity contribution in [2.75, 3.05) is 12.3 Å². The van der Waals surface area contributed by atoms with Crippen LogP contribution in [0.1, 0.15) is 11.6 Å². The van der Waals surface area contributed by atoms with Crippen molar-refractivity contribution in [2.45, 2.75) is 19.1 Å². The summed E-state index contributed by atoms with van der Waals surface area (Å²) in [6.45, 7) is 1.04. The monoisotopic (exact) mass is 343 g/mol. The number of hydrogen-bond donors (Lipinski definition) is 3. The summed E-state index contributed by atoms with van der Waals surface area (Å²) < 4.78 is 14.9. The fourth-order valence-corrected chi connectivity index (χ4v) is 1.87. The Balaban J connectivity index is 0.00000180. The van der Waals surface area contributed by atoms with Crippen molar-refractivity contribution in [3.8, 4) is 0 Å². The van der Waals surface area contributed by atoms with Gasteiger partial charge in [-0.2, -0.15) is 4.98 Å². The second-order valence-electron chi connectivity index (χ2n) is 4.11. The summed E-state index contributed by atoms with van der Waals surface area (Å²) in [6.07, 6.45) is 1.39. The predicted octanol–water partition coefficient (Wildman–Crippen LogP) is -0.533. The van der Waals surface area contributed by atoms with E-state index in [0.29, 0.717) is 5.56 Å². The van der Waals surface area contributed by atoms with Gasteiger partial charge in [0, 0.05) is 44.5 Å². The second-order valence-corrected chi connectivity index (χ2v) is 4.11. The molecule has 1 aromatic rings. The molecule has 0 saturated carbocycles. The first kappa shape index (κ1) is 16.4. The first-order chi connectivity index (χ1) is 8.45. The molecule has 1 radical (unpaired) electrons. The van der Waals surface area contributed by atoms with E-state index in [1.165, 1.54) is 12.6 Å². The molecule has 8 heteroatoms. The van der Waals surface area contributed by atoms with Crippen molar-refractivity contribution in [1.29, 1.82) is 0 Å². The minimum absolute atomic E-state index is 0. The van der Waals surface area contributed by atoms with Crippen LogP contribution >= 0.6 is 0 Å². The van der Waals surface area contributed by atoms with E-state index in [9.17, 15) is 14.3 Å². The number of allylic oxidation sites excluding steroid dienone is 1. The van der Waals surface area contributed by atoms with Gasteiger partial charge in [-0.1, -0.05) is 0 Å². The van der Waals surface area contributed by atoms with Gasteiger partial charge in [0.25, 0.3) is 0 Å². The Hall–Kier alpha value is -0.626. The smallest absolute Gasteiger partial charge is 0.347 e. The molecule has 0 amide bonds. The van der Waals surface area contributed by atoms with Gasteiger partial charge in [-0.25, -0.2) is 9.18 Å². The second kappa shape index (κ2) is 6.22. The van der Waals surface area contributed by atoms with Crippen molar-refractivity contribution in [3.05, 3.63) is 40.1 Å². The molecule has 101 valence electrons. The van der Waals surface area contributed by atoms with E-state index < -0.39 is 30.3 Å². The van der Waals surface area contributed by atoms with Crippen LogP contribution in [0.4, 0.5) is 10.2 Å². The number of rotatable bonds is 2. The number of hydrogen-bond acceptors (Lipinski definition) is 5. The Bertz CT molecular complexity index is 573. The minimum Gasteiger partial charge on any atom is -0.421 e. The van der Waals surface area contributed by atoms with Crippen LogP contribution in [0.3, 0.4) is 0 Å². The zero-order chi connectivity index (χ0) is 13.4. The van der Waals surface area contributed by atoms with Crippen molar-refractivity contribution in [3.63, 3.8) is 0 Å². The average molecular weight is 343 g/mol. The molecular formula is C11H13FN3O3Y-. The van der Waals surface area contributed by atoms with Crippen LogP contribution in [0.2, 0.25) is 0 Å². The van der Waals surface area contributed by atoms with E-state index >= 15 is 0 Å². The standard InChI is InChI=1S/C11H13FN3O3.Y/c1-5-3-15(11(18)14-10(5)13)7-2-8(17)6(4-16)9(7)12;/h2-3,7-8,16-17H,4H2,1H3,(H2,13,14,18);/q-1;/t7?,8-;/m0./s1. The Morgan fingerprint density at radius 3 is 2.79 bits per heavy atom. The van der Waals surface area contributed by atoms with E-state index in [-0.39, 0.29) is 44.1 Å². The summed E-state index contributed by atoms with van der Waals surface area (Å²) in [6, 6.07) is -1.05. The van der Waals surface area contributed by atoms with Crippen LogP contribution in [0.5, 0.6) is 0 Å². The SMILES string of the molecule is Cc1cn(C2[CH-][C@H](O)C(CO)=C2F)c(=O)nc1N.[Y]. The van der Waals surface area contributed by atoms with E-state index in [4.69, 9.17) is 10.8 Å². The summed E-state index contributed by atoms with van der Waals surface area (Å²) in [5.74, 6) is -0.653. The third kappa shape index (κ3) is 2.94. The number of aromatic nitrogens is 2. The molecule has 1 aromatic heterocycles. The van der Waals surface area contributed by atoms with Crippen molar-refractivity contribution in [1.82, 2.24) is 9.55 Å². The van der Waals surface area contributed by atoms with E-state index in [0.717, 1.165) is 4.57 Å². The summed E-state index contributed by atoms with van der Waals surface area (Å²) >= 11 is 0. The first-order valence-electron chi connectivity index (χ1n) is 5.33. The fraction of sp³-hybridized carbons (Fsp3) is 0.364. The normalized spacial score (nSPS) is 22.5. The Kier molecular flexibility index (Phi) is 5.37. The molecule has 6 nitrogen and oxygen atoms in total. The van der Waals surface area contributed by atoms with Crippen LogP contribution in [-0.2, 0) is 32.7 Å². The van der Waals surface area contributed by atoms with Gasteiger partial charge in [0.15, 0.2) is 0 Å². The third-order valence-electron chi connectivity index (χ3n) is 2.93. The molecule has 1 unspecified atom stereocenters. The van der Waals surface area contributed by atoms with Crippen LogP contribution < -0.4 is 11.4 Å². The number of aryl methyl sites for hydroxylation is 1. The maximum absolute atomic E-state index is 13.9. The molecule has 19 heavy (non-hydrogen) atoms. The van der Waals surface area contributed by atoms with Crippen LogP contribution in [0, 0.1) is 13.3 Å². The number of nitrogens with zero attached hydrogens (tertiary/aromatic N) is 2. The van der Waals surface area contributed by atoms with Crippen LogP contribution in [0.25, 0.3) is 0 Å². The zero-order valence-electron chi connectivity index (χ0n) is 10.2. The van der Waals surface area contributed by atoms with Crippen LogP contribution in [-0.4, -0.2) is 32.5 Å². The largest absolute Gasteiger partial charge is 0.421 e. The van der Waals surface area contributed by atoms with Crippen LogP contribution in [0.15, 0.2) is 22.4 Å². The maximum atomic E-state index is 13.9. The molecule has 0 aliphatic heterocycles. The Morgan fingerprint density at radius 1 is 1.63 bits per heavy atom. The number of nitrogen functional groups attached to an aromatic ring is 1. The summed E-state index contributed by atoms with van der Waals surface area (Å²) in [7, 11) is 0. The molecule has 0 bridgehead atoms. The molecule has 2 rings (SSSR count). The Morgan fingerprint density at radius 2 is 2.26 bits per heavy atom. The molecule has 0 aromatic carbocycles. The van der Waals surface area contributed by atoms with Gasteiger partial charge >= 0.3 is 5.69 Å². The molecule has 0 saturated heterocycles. The molecule has 1 aliphatic carbocycles. The first-order valence-corrected chi connectivity index (χ1v) is 5.33. The molecule has 4 N–H and O–H groups in total. The number of nitrogens with two attached hydrogens (primary N) is 1. The average Bonchev–Trinajstić information content (AvgIpc) is 2.59. The third-order valence-corrected chi connectivity index (χ3v) is 2.93. The van der Waals surface area contributed by atoms with Gasteiger partial charge in [-0.15, -0.1) is 0 Å².